The number of ether oxygens (including phenoxy) is 1. The third kappa shape index (κ3) is 3.38. The van der Waals surface area contributed by atoms with Crippen molar-refractivity contribution in [2.75, 3.05) is 19.7 Å². The van der Waals surface area contributed by atoms with Crippen LogP contribution in [0.5, 0.6) is 0 Å². The molecule has 20 heavy (non-hydrogen) atoms. The average Bonchev–Trinajstić information content (AvgIpc) is 2.47. The number of carbonyl (C=O) groups is 1. The van der Waals surface area contributed by atoms with Gasteiger partial charge >= 0.3 is 0 Å². The largest absolute Gasteiger partial charge is 0.375 e. The summed E-state index contributed by atoms with van der Waals surface area (Å²) in [5.74, 6) is 0.103. The Morgan fingerprint density at radius 1 is 1.50 bits per heavy atom. The van der Waals surface area contributed by atoms with Gasteiger partial charge in [-0.25, -0.2) is 0 Å². The zero-order valence-electron chi connectivity index (χ0n) is 12.3. The summed E-state index contributed by atoms with van der Waals surface area (Å²) in [5.41, 5.74) is 7.45. The molecule has 1 fully saturated rings. The van der Waals surface area contributed by atoms with E-state index in [1.807, 2.05) is 36.1 Å². The van der Waals surface area contributed by atoms with Gasteiger partial charge in [0.25, 0.3) is 5.91 Å². The van der Waals surface area contributed by atoms with E-state index in [0.717, 1.165) is 24.0 Å². The number of carbonyl (C=O) groups excluding carboxylic acids is 1. The lowest BCUT2D eigenvalue weighted by Crippen LogP contribution is -2.51. The molecule has 2 N–H and O–H groups in total. The number of morpholine rings is 1. The normalized spacial score (nSPS) is 22.9. The predicted molar refractivity (Wildman–Crippen MR) is 79.7 cm³/mol. The quantitative estimate of drug-likeness (QED) is 0.912. The van der Waals surface area contributed by atoms with Crippen LogP contribution in [-0.2, 0) is 11.2 Å². The molecule has 1 heterocycles. The van der Waals surface area contributed by atoms with Gasteiger partial charge in [0.15, 0.2) is 0 Å². The number of nitrogens with zero attached hydrogens (tertiary/aromatic N) is 1. The molecule has 4 heteroatoms. The van der Waals surface area contributed by atoms with E-state index in [0.29, 0.717) is 19.7 Å². The van der Waals surface area contributed by atoms with Gasteiger partial charge in [-0.2, -0.15) is 0 Å². The molecule has 1 aliphatic heterocycles. The Morgan fingerprint density at radius 2 is 2.30 bits per heavy atom. The van der Waals surface area contributed by atoms with E-state index in [-0.39, 0.29) is 18.1 Å². The summed E-state index contributed by atoms with van der Waals surface area (Å²) >= 11 is 0. The van der Waals surface area contributed by atoms with Crippen molar-refractivity contribution in [2.24, 2.45) is 5.73 Å². The van der Waals surface area contributed by atoms with Crippen LogP contribution in [-0.4, -0.2) is 42.6 Å². The number of amides is 1. The van der Waals surface area contributed by atoms with E-state index >= 15 is 0 Å². The van der Waals surface area contributed by atoms with Crippen LogP contribution in [0, 0.1) is 0 Å². The molecule has 2 unspecified atom stereocenters. The van der Waals surface area contributed by atoms with Gasteiger partial charge in [0, 0.05) is 12.1 Å². The molecule has 0 saturated carbocycles. The maximum atomic E-state index is 12.7. The summed E-state index contributed by atoms with van der Waals surface area (Å²) in [6.45, 7) is 6.00. The first-order chi connectivity index (χ1) is 9.65. The maximum absolute atomic E-state index is 12.7. The first-order valence-electron chi connectivity index (χ1n) is 7.37. The zero-order valence-corrected chi connectivity index (χ0v) is 12.3. The number of hydrogen-bond acceptors (Lipinski definition) is 3. The van der Waals surface area contributed by atoms with E-state index in [1.165, 1.54) is 0 Å². The second-order valence-corrected chi connectivity index (χ2v) is 5.40. The number of hydrogen-bond donors (Lipinski definition) is 1. The molecule has 1 aromatic rings. The molecule has 4 nitrogen and oxygen atoms in total. The zero-order chi connectivity index (χ0) is 14.5. The van der Waals surface area contributed by atoms with E-state index < -0.39 is 0 Å². The molecule has 2 atom stereocenters. The minimum atomic E-state index is 0.103. The van der Waals surface area contributed by atoms with Crippen LogP contribution in [0.4, 0.5) is 0 Å². The minimum Gasteiger partial charge on any atom is -0.375 e. The van der Waals surface area contributed by atoms with Crippen molar-refractivity contribution in [1.29, 1.82) is 0 Å². The first kappa shape index (κ1) is 15.0. The van der Waals surface area contributed by atoms with Crippen LogP contribution in [0.2, 0.25) is 0 Å². The van der Waals surface area contributed by atoms with Gasteiger partial charge in [-0.1, -0.05) is 19.1 Å². The third-order valence-corrected chi connectivity index (χ3v) is 3.81. The van der Waals surface area contributed by atoms with Crippen molar-refractivity contribution in [3.63, 3.8) is 0 Å². The Labute approximate surface area is 120 Å². The van der Waals surface area contributed by atoms with Crippen LogP contribution < -0.4 is 5.73 Å². The molecule has 0 aromatic heterocycles. The molecular formula is C16H24N2O2. The van der Waals surface area contributed by atoms with Crippen molar-refractivity contribution < 1.29 is 9.53 Å². The SMILES string of the molecule is CCC1COC(C)CN1C(=O)c1cccc(CCN)c1. The van der Waals surface area contributed by atoms with Crippen molar-refractivity contribution in [3.8, 4) is 0 Å². The van der Waals surface area contributed by atoms with Crippen molar-refractivity contribution in [2.45, 2.75) is 38.8 Å². The van der Waals surface area contributed by atoms with E-state index in [2.05, 4.69) is 6.92 Å². The maximum Gasteiger partial charge on any atom is 0.254 e. The lowest BCUT2D eigenvalue weighted by Gasteiger charge is -2.38. The van der Waals surface area contributed by atoms with Crippen LogP contribution in [0.25, 0.3) is 0 Å². The summed E-state index contributed by atoms with van der Waals surface area (Å²) < 4.78 is 5.65. The highest BCUT2D eigenvalue weighted by Crippen LogP contribution is 2.18. The van der Waals surface area contributed by atoms with Crippen molar-refractivity contribution >= 4 is 5.91 Å². The van der Waals surface area contributed by atoms with Gasteiger partial charge in [0.05, 0.1) is 18.8 Å². The standard InChI is InChI=1S/C16H24N2O2/c1-3-15-11-20-12(2)10-18(15)16(19)14-6-4-5-13(9-14)7-8-17/h4-6,9,12,15H,3,7-8,10-11,17H2,1-2H3. The summed E-state index contributed by atoms with van der Waals surface area (Å²) in [4.78, 5) is 14.7. The summed E-state index contributed by atoms with van der Waals surface area (Å²) in [6.07, 6.45) is 1.83. The second kappa shape index (κ2) is 6.86. The van der Waals surface area contributed by atoms with Gasteiger partial charge in [0.1, 0.15) is 0 Å². The number of rotatable bonds is 4. The molecule has 1 aromatic carbocycles. The van der Waals surface area contributed by atoms with Crippen LogP contribution >= 0.6 is 0 Å². The van der Waals surface area contributed by atoms with Crippen LogP contribution in [0.3, 0.4) is 0 Å². The molecule has 0 bridgehead atoms. The molecular weight excluding hydrogens is 252 g/mol. The van der Waals surface area contributed by atoms with Gasteiger partial charge in [0.2, 0.25) is 0 Å². The summed E-state index contributed by atoms with van der Waals surface area (Å²) in [6, 6.07) is 7.97. The first-order valence-corrected chi connectivity index (χ1v) is 7.37. The van der Waals surface area contributed by atoms with Gasteiger partial charge < -0.3 is 15.4 Å². The Kier molecular flexibility index (Phi) is 5.15. The lowest BCUT2D eigenvalue weighted by molar-refractivity contribution is -0.0444. The Balaban J connectivity index is 2.18. The smallest absolute Gasteiger partial charge is 0.254 e. The van der Waals surface area contributed by atoms with E-state index in [1.54, 1.807) is 0 Å². The fourth-order valence-electron chi connectivity index (χ4n) is 2.62. The second-order valence-electron chi connectivity index (χ2n) is 5.40. The van der Waals surface area contributed by atoms with Gasteiger partial charge in [-0.05, 0) is 44.0 Å². The predicted octanol–water partition coefficient (Wildman–Crippen LogP) is 1.83. The third-order valence-electron chi connectivity index (χ3n) is 3.81. The average molecular weight is 276 g/mol. The molecule has 1 saturated heterocycles. The molecule has 1 aliphatic rings. The topological polar surface area (TPSA) is 55.6 Å². The Hall–Kier alpha value is -1.39. The highest BCUT2D eigenvalue weighted by atomic mass is 16.5. The lowest BCUT2D eigenvalue weighted by atomic mass is 10.0. The Bertz CT molecular complexity index is 462. The minimum absolute atomic E-state index is 0.103. The molecule has 0 aliphatic carbocycles. The number of nitrogens with two attached hydrogens (primary N) is 1. The number of benzene rings is 1. The van der Waals surface area contributed by atoms with Crippen molar-refractivity contribution in [1.82, 2.24) is 4.90 Å². The molecule has 110 valence electrons. The highest BCUT2D eigenvalue weighted by Gasteiger charge is 2.29. The summed E-state index contributed by atoms with van der Waals surface area (Å²) in [7, 11) is 0. The fraction of sp³-hybridized carbons (Fsp3) is 0.562. The summed E-state index contributed by atoms with van der Waals surface area (Å²) in [5, 5.41) is 0. The van der Waals surface area contributed by atoms with E-state index in [9.17, 15) is 4.79 Å². The molecule has 0 spiro atoms. The molecule has 2 rings (SSSR count). The molecule has 0 radical (unpaired) electrons. The van der Waals surface area contributed by atoms with Gasteiger partial charge in [-0.15, -0.1) is 0 Å². The monoisotopic (exact) mass is 276 g/mol. The van der Waals surface area contributed by atoms with E-state index in [4.69, 9.17) is 10.5 Å². The van der Waals surface area contributed by atoms with Gasteiger partial charge in [-0.3, -0.25) is 4.79 Å². The highest BCUT2D eigenvalue weighted by molar-refractivity contribution is 5.94. The van der Waals surface area contributed by atoms with Crippen LogP contribution in [0.1, 0.15) is 36.2 Å². The Morgan fingerprint density at radius 3 is 3.00 bits per heavy atom. The fourth-order valence-corrected chi connectivity index (χ4v) is 2.62. The van der Waals surface area contributed by atoms with Crippen molar-refractivity contribution in [3.05, 3.63) is 35.4 Å². The molecule has 1 amide bonds. The van der Waals surface area contributed by atoms with Crippen LogP contribution in [0.15, 0.2) is 24.3 Å².